The maximum Gasteiger partial charge on any atom is 0.322 e. The summed E-state index contributed by atoms with van der Waals surface area (Å²) in [5.41, 5.74) is 0.749. The van der Waals surface area contributed by atoms with Crippen LogP contribution in [0.1, 0.15) is 32.6 Å². The van der Waals surface area contributed by atoms with E-state index in [1.54, 1.807) is 37.3 Å². The van der Waals surface area contributed by atoms with E-state index in [-0.39, 0.29) is 26.9 Å². The number of aryl methyl sites for hydroxylation is 1. The minimum Gasteiger partial charge on any atom is -0.480 e. The summed E-state index contributed by atoms with van der Waals surface area (Å²) < 4.78 is 33.9. The molecule has 2 aromatic rings. The van der Waals surface area contributed by atoms with Gasteiger partial charge in [0.1, 0.15) is 11.8 Å². The normalized spacial score (nSPS) is 15.5. The zero-order valence-corrected chi connectivity index (χ0v) is 17.7. The SMILES string of the molecule is C.CC.Cc1cc(N2CCN(S(=O)(=O)NC(Cc3ccccc3)C(=O)O)CC2)no1. The second kappa shape index (κ2) is 11.7. The van der Waals surface area contributed by atoms with E-state index in [0.717, 1.165) is 5.56 Å². The van der Waals surface area contributed by atoms with Crippen LogP contribution in [-0.2, 0) is 21.4 Å². The average Bonchev–Trinajstić information content (AvgIpc) is 3.16. The molecule has 1 aliphatic heterocycles. The first-order valence-electron chi connectivity index (χ1n) is 9.57. The predicted molar refractivity (Wildman–Crippen MR) is 117 cm³/mol. The van der Waals surface area contributed by atoms with Crippen molar-refractivity contribution < 1.29 is 22.8 Å². The highest BCUT2D eigenvalue weighted by molar-refractivity contribution is 7.87. The van der Waals surface area contributed by atoms with Crippen LogP contribution in [-0.4, -0.2) is 61.2 Å². The van der Waals surface area contributed by atoms with Gasteiger partial charge in [0.25, 0.3) is 10.2 Å². The predicted octanol–water partition coefficient (Wildman–Crippen LogP) is 2.30. The average molecular weight is 441 g/mol. The third kappa shape index (κ3) is 6.82. The van der Waals surface area contributed by atoms with Gasteiger partial charge in [-0.15, -0.1) is 0 Å². The van der Waals surface area contributed by atoms with Crippen molar-refractivity contribution in [3.8, 4) is 0 Å². The molecule has 0 aliphatic carbocycles. The Bertz CT molecular complexity index is 878. The first-order valence-corrected chi connectivity index (χ1v) is 11.0. The van der Waals surface area contributed by atoms with Gasteiger partial charge in [-0.2, -0.15) is 17.4 Å². The van der Waals surface area contributed by atoms with E-state index in [1.165, 1.54) is 4.31 Å². The number of rotatable bonds is 7. The standard InChI is InChI=1S/C17H22N4O5S.C2H6.CH4/c1-13-11-16(18-26-13)20-7-9-21(10-8-20)27(24,25)19-15(17(22)23)12-14-5-3-2-4-6-14;1-2;/h2-6,11,15,19H,7-10,12H2,1H3,(H,22,23);1-2H3;1H4. The van der Waals surface area contributed by atoms with E-state index < -0.39 is 22.2 Å². The van der Waals surface area contributed by atoms with E-state index in [0.29, 0.717) is 24.7 Å². The summed E-state index contributed by atoms with van der Waals surface area (Å²) >= 11 is 0. The van der Waals surface area contributed by atoms with Crippen LogP contribution in [0.5, 0.6) is 0 Å². The number of anilines is 1. The molecule has 1 atom stereocenters. The van der Waals surface area contributed by atoms with E-state index >= 15 is 0 Å². The van der Waals surface area contributed by atoms with Crippen LogP contribution in [0.25, 0.3) is 0 Å². The first-order chi connectivity index (χ1) is 13.8. The van der Waals surface area contributed by atoms with Gasteiger partial charge in [0.15, 0.2) is 5.82 Å². The van der Waals surface area contributed by atoms with Crippen molar-refractivity contribution in [2.45, 2.75) is 40.7 Å². The van der Waals surface area contributed by atoms with E-state index in [2.05, 4.69) is 9.88 Å². The molecule has 2 heterocycles. The lowest BCUT2D eigenvalue weighted by Crippen LogP contribution is -2.55. The molecule has 1 aromatic carbocycles. The van der Waals surface area contributed by atoms with Crippen LogP contribution in [0.2, 0.25) is 0 Å². The summed E-state index contributed by atoms with van der Waals surface area (Å²) in [6.07, 6.45) is 0.0770. The Morgan fingerprint density at radius 1 is 1.20 bits per heavy atom. The summed E-state index contributed by atoms with van der Waals surface area (Å²) in [7, 11) is -3.92. The van der Waals surface area contributed by atoms with Gasteiger partial charge in [-0.3, -0.25) is 4.79 Å². The number of hydrogen-bond donors (Lipinski definition) is 2. The van der Waals surface area contributed by atoms with Gasteiger partial charge in [-0.05, 0) is 18.9 Å². The molecule has 2 N–H and O–H groups in total. The molecule has 3 rings (SSSR count). The Morgan fingerprint density at radius 3 is 2.30 bits per heavy atom. The van der Waals surface area contributed by atoms with Crippen LogP contribution in [0.15, 0.2) is 40.9 Å². The molecule has 30 heavy (non-hydrogen) atoms. The van der Waals surface area contributed by atoms with Gasteiger partial charge in [0, 0.05) is 32.2 Å². The number of carboxylic acid groups (broad SMARTS) is 1. The van der Waals surface area contributed by atoms with Crippen molar-refractivity contribution in [1.29, 1.82) is 0 Å². The molecule has 0 bridgehead atoms. The van der Waals surface area contributed by atoms with Gasteiger partial charge in [-0.25, -0.2) is 0 Å². The Morgan fingerprint density at radius 2 is 1.80 bits per heavy atom. The zero-order chi connectivity index (χ0) is 21.4. The fraction of sp³-hybridized carbons (Fsp3) is 0.500. The maximum atomic E-state index is 12.6. The van der Waals surface area contributed by atoms with Crippen LogP contribution >= 0.6 is 0 Å². The molecule has 0 amide bonds. The summed E-state index contributed by atoms with van der Waals surface area (Å²) in [5, 5.41) is 13.4. The molecule has 0 saturated carbocycles. The summed E-state index contributed by atoms with van der Waals surface area (Å²) in [6.45, 7) is 7.16. The fourth-order valence-electron chi connectivity index (χ4n) is 2.94. The quantitative estimate of drug-likeness (QED) is 0.678. The number of benzene rings is 1. The van der Waals surface area contributed by atoms with Crippen LogP contribution < -0.4 is 9.62 Å². The molecule has 1 saturated heterocycles. The van der Waals surface area contributed by atoms with Gasteiger partial charge in [0.2, 0.25) is 0 Å². The Kier molecular flexibility index (Phi) is 9.97. The zero-order valence-electron chi connectivity index (χ0n) is 16.9. The molecule has 9 nitrogen and oxygen atoms in total. The molecular weight excluding hydrogens is 408 g/mol. The molecule has 1 aromatic heterocycles. The van der Waals surface area contributed by atoms with Gasteiger partial charge in [-0.1, -0.05) is 56.8 Å². The van der Waals surface area contributed by atoms with Crippen LogP contribution in [0, 0.1) is 6.92 Å². The second-order valence-corrected chi connectivity index (χ2v) is 8.09. The molecule has 1 unspecified atom stereocenters. The molecule has 1 aliphatic rings. The molecule has 168 valence electrons. The molecule has 10 heteroatoms. The van der Waals surface area contributed by atoms with Crippen molar-refractivity contribution >= 4 is 22.0 Å². The third-order valence-electron chi connectivity index (χ3n) is 4.39. The number of carboxylic acids is 1. The lowest BCUT2D eigenvalue weighted by atomic mass is 10.1. The van der Waals surface area contributed by atoms with Crippen molar-refractivity contribution in [1.82, 2.24) is 14.2 Å². The van der Waals surface area contributed by atoms with E-state index in [1.807, 2.05) is 24.8 Å². The number of carbonyl (C=O) groups is 1. The summed E-state index contributed by atoms with van der Waals surface area (Å²) in [4.78, 5) is 13.5. The lowest BCUT2D eigenvalue weighted by Gasteiger charge is -2.34. The van der Waals surface area contributed by atoms with Crippen molar-refractivity contribution in [2.24, 2.45) is 0 Å². The smallest absolute Gasteiger partial charge is 0.322 e. The molecule has 0 spiro atoms. The van der Waals surface area contributed by atoms with Crippen LogP contribution in [0.3, 0.4) is 0 Å². The number of aliphatic carboxylic acids is 1. The highest BCUT2D eigenvalue weighted by atomic mass is 32.2. The van der Waals surface area contributed by atoms with Crippen LogP contribution in [0.4, 0.5) is 5.82 Å². The Labute approximate surface area is 178 Å². The van der Waals surface area contributed by atoms with Gasteiger partial charge in [0.05, 0.1) is 0 Å². The molecular formula is C20H32N4O5S. The topological polar surface area (TPSA) is 116 Å². The highest BCUT2D eigenvalue weighted by Crippen LogP contribution is 2.17. The Balaban J connectivity index is 0.00000146. The minimum atomic E-state index is -3.92. The van der Waals surface area contributed by atoms with Gasteiger partial charge < -0.3 is 14.5 Å². The third-order valence-corrected chi connectivity index (χ3v) is 6.02. The fourth-order valence-corrected chi connectivity index (χ4v) is 4.28. The lowest BCUT2D eigenvalue weighted by molar-refractivity contribution is -0.138. The number of hydrogen-bond acceptors (Lipinski definition) is 6. The number of piperazine rings is 1. The summed E-state index contributed by atoms with van der Waals surface area (Å²) in [5.74, 6) is 0.149. The monoisotopic (exact) mass is 440 g/mol. The Hall–Kier alpha value is -2.43. The van der Waals surface area contributed by atoms with E-state index in [4.69, 9.17) is 4.52 Å². The number of nitrogens with zero attached hydrogens (tertiary/aromatic N) is 3. The molecule has 1 fully saturated rings. The molecule has 0 radical (unpaired) electrons. The second-order valence-electron chi connectivity index (χ2n) is 6.39. The first kappa shape index (κ1) is 25.6. The highest BCUT2D eigenvalue weighted by Gasteiger charge is 2.32. The largest absolute Gasteiger partial charge is 0.480 e. The number of nitrogens with one attached hydrogen (secondary N) is 1. The number of aromatic nitrogens is 1. The maximum absolute atomic E-state index is 12.6. The van der Waals surface area contributed by atoms with Crippen molar-refractivity contribution in [2.75, 3.05) is 31.1 Å². The van der Waals surface area contributed by atoms with Crippen molar-refractivity contribution in [3.63, 3.8) is 0 Å². The van der Waals surface area contributed by atoms with E-state index in [9.17, 15) is 18.3 Å². The minimum absolute atomic E-state index is 0. The van der Waals surface area contributed by atoms with Gasteiger partial charge >= 0.3 is 5.97 Å². The van der Waals surface area contributed by atoms with Crippen molar-refractivity contribution in [3.05, 3.63) is 47.7 Å². The summed E-state index contributed by atoms with van der Waals surface area (Å²) in [6, 6.07) is 9.49.